The van der Waals surface area contributed by atoms with Crippen molar-refractivity contribution in [2.75, 3.05) is 19.6 Å². The third-order valence-electron chi connectivity index (χ3n) is 3.27. The second kappa shape index (κ2) is 3.25. The highest BCUT2D eigenvalue weighted by Crippen LogP contribution is 2.28. The van der Waals surface area contributed by atoms with Gasteiger partial charge in [0.1, 0.15) is 0 Å². The Hall–Kier alpha value is -0.0800. The molecule has 3 saturated heterocycles. The molecule has 3 aliphatic heterocycles. The highest BCUT2D eigenvalue weighted by atomic mass is 15.2. The summed E-state index contributed by atoms with van der Waals surface area (Å²) in [5, 5.41) is 3.75. The van der Waals surface area contributed by atoms with E-state index in [4.69, 9.17) is 0 Å². The van der Waals surface area contributed by atoms with Crippen LogP contribution in [-0.2, 0) is 0 Å². The Morgan fingerprint density at radius 1 is 1.15 bits per heavy atom. The van der Waals surface area contributed by atoms with Crippen molar-refractivity contribution < 1.29 is 0 Å². The van der Waals surface area contributed by atoms with Crippen LogP contribution in [0.2, 0.25) is 0 Å². The van der Waals surface area contributed by atoms with Gasteiger partial charge in [0, 0.05) is 18.1 Å². The Bertz CT molecular complexity index is 175. The van der Waals surface area contributed by atoms with Gasteiger partial charge in [-0.25, -0.2) is 0 Å². The van der Waals surface area contributed by atoms with E-state index >= 15 is 0 Å². The second-order valence-electron chi connectivity index (χ2n) is 5.64. The first-order valence-corrected chi connectivity index (χ1v) is 5.55. The third kappa shape index (κ3) is 2.23. The fourth-order valence-electron chi connectivity index (χ4n) is 2.68. The van der Waals surface area contributed by atoms with Crippen LogP contribution in [-0.4, -0.2) is 36.1 Å². The van der Waals surface area contributed by atoms with Crippen LogP contribution < -0.4 is 5.32 Å². The summed E-state index contributed by atoms with van der Waals surface area (Å²) in [4.78, 5) is 2.60. The van der Waals surface area contributed by atoms with Crippen molar-refractivity contribution in [2.45, 2.75) is 45.2 Å². The van der Waals surface area contributed by atoms with Gasteiger partial charge in [0.25, 0.3) is 0 Å². The van der Waals surface area contributed by atoms with Gasteiger partial charge in [0.2, 0.25) is 0 Å². The number of fused-ring (bicyclic) bond motifs is 3. The minimum absolute atomic E-state index is 0.281. The number of rotatable bonds is 1. The minimum atomic E-state index is 0.281. The lowest BCUT2D eigenvalue weighted by Gasteiger charge is -2.47. The maximum atomic E-state index is 3.75. The maximum Gasteiger partial charge on any atom is 0.0229 e. The summed E-state index contributed by atoms with van der Waals surface area (Å²) < 4.78 is 0. The summed E-state index contributed by atoms with van der Waals surface area (Å²) in [6.07, 6.45) is 2.82. The number of nitrogens with zero attached hydrogens (tertiary/aromatic N) is 1. The van der Waals surface area contributed by atoms with Crippen molar-refractivity contribution in [1.29, 1.82) is 0 Å². The topological polar surface area (TPSA) is 15.3 Å². The van der Waals surface area contributed by atoms with E-state index in [2.05, 4.69) is 31.0 Å². The fraction of sp³-hybridized carbons (Fsp3) is 1.00. The largest absolute Gasteiger partial charge is 0.308 e. The number of nitrogens with one attached hydrogen (secondary N) is 1. The molecule has 1 N–H and O–H groups in total. The summed E-state index contributed by atoms with van der Waals surface area (Å²) in [6, 6.07) is 0.752. The van der Waals surface area contributed by atoms with E-state index in [0.29, 0.717) is 0 Å². The molecule has 1 atom stereocenters. The summed E-state index contributed by atoms with van der Waals surface area (Å²) >= 11 is 0. The molecule has 0 unspecified atom stereocenters. The van der Waals surface area contributed by atoms with E-state index in [1.807, 2.05) is 0 Å². The monoisotopic (exact) mass is 182 g/mol. The van der Waals surface area contributed by atoms with Crippen LogP contribution in [0.25, 0.3) is 0 Å². The van der Waals surface area contributed by atoms with Gasteiger partial charge in [-0.3, -0.25) is 0 Å². The molecular formula is C11H22N2. The highest BCUT2D eigenvalue weighted by Gasteiger charge is 2.35. The summed E-state index contributed by atoms with van der Waals surface area (Å²) in [7, 11) is 0. The first-order chi connectivity index (χ1) is 6.04. The van der Waals surface area contributed by atoms with E-state index in [-0.39, 0.29) is 5.54 Å². The lowest BCUT2D eigenvalue weighted by molar-refractivity contribution is 0.0608. The molecule has 0 aromatic rings. The fourth-order valence-corrected chi connectivity index (χ4v) is 2.68. The molecule has 0 radical (unpaired) electrons. The lowest BCUT2D eigenvalue weighted by Crippen LogP contribution is -2.59. The Labute approximate surface area is 81.7 Å². The zero-order chi connectivity index (χ0) is 9.47. The summed E-state index contributed by atoms with van der Waals surface area (Å²) in [5.41, 5.74) is 0.281. The molecule has 0 amide bonds. The van der Waals surface area contributed by atoms with Gasteiger partial charge in [0.15, 0.2) is 0 Å². The first kappa shape index (κ1) is 9.47. The van der Waals surface area contributed by atoms with Gasteiger partial charge in [-0.05, 0) is 52.6 Å². The van der Waals surface area contributed by atoms with Crippen LogP contribution in [0.3, 0.4) is 0 Å². The van der Waals surface area contributed by atoms with Gasteiger partial charge in [-0.1, -0.05) is 0 Å². The smallest absolute Gasteiger partial charge is 0.0229 e. The summed E-state index contributed by atoms with van der Waals surface area (Å²) in [5.74, 6) is 0.948. The molecule has 0 spiro atoms. The molecule has 0 aromatic heterocycles. The minimum Gasteiger partial charge on any atom is -0.308 e. The molecule has 3 heterocycles. The zero-order valence-corrected chi connectivity index (χ0v) is 9.14. The van der Waals surface area contributed by atoms with Crippen LogP contribution in [0.5, 0.6) is 0 Å². The Morgan fingerprint density at radius 3 is 2.15 bits per heavy atom. The molecule has 0 saturated carbocycles. The van der Waals surface area contributed by atoms with Gasteiger partial charge < -0.3 is 10.2 Å². The molecule has 13 heavy (non-hydrogen) atoms. The predicted octanol–water partition coefficient (Wildman–Crippen LogP) is 1.47. The molecule has 2 bridgehead atoms. The number of hydrogen-bond donors (Lipinski definition) is 1. The molecule has 3 aliphatic rings. The quantitative estimate of drug-likeness (QED) is 0.660. The van der Waals surface area contributed by atoms with E-state index in [1.165, 1.54) is 32.5 Å². The van der Waals surface area contributed by atoms with Crippen molar-refractivity contribution in [2.24, 2.45) is 5.92 Å². The van der Waals surface area contributed by atoms with Crippen molar-refractivity contribution in [3.8, 4) is 0 Å². The predicted molar refractivity (Wildman–Crippen MR) is 55.8 cm³/mol. The van der Waals surface area contributed by atoms with E-state index in [0.717, 1.165) is 12.0 Å². The van der Waals surface area contributed by atoms with Crippen LogP contribution in [0.15, 0.2) is 0 Å². The van der Waals surface area contributed by atoms with Gasteiger partial charge in [0.05, 0.1) is 0 Å². The van der Waals surface area contributed by atoms with Crippen LogP contribution in [0.4, 0.5) is 0 Å². The first-order valence-electron chi connectivity index (χ1n) is 5.55. The van der Waals surface area contributed by atoms with Crippen molar-refractivity contribution >= 4 is 0 Å². The maximum absolute atomic E-state index is 3.75. The van der Waals surface area contributed by atoms with E-state index in [9.17, 15) is 0 Å². The van der Waals surface area contributed by atoms with E-state index in [1.54, 1.807) is 0 Å². The Balaban J connectivity index is 1.94. The number of hydrogen-bond acceptors (Lipinski definition) is 2. The average molecular weight is 182 g/mol. The van der Waals surface area contributed by atoms with Crippen molar-refractivity contribution in [3.63, 3.8) is 0 Å². The number of piperidine rings is 3. The normalized spacial score (nSPS) is 39.5. The van der Waals surface area contributed by atoms with Gasteiger partial charge in [-0.15, -0.1) is 0 Å². The molecule has 3 fully saturated rings. The van der Waals surface area contributed by atoms with Gasteiger partial charge >= 0.3 is 0 Å². The standard InChI is InChI=1S/C11H22N2/c1-11(2,3)12-10-8-13-6-4-9(10)5-7-13/h9-10,12H,4-8H2,1-3H3/t10-/m0/s1. The third-order valence-corrected chi connectivity index (χ3v) is 3.27. The molecule has 2 heteroatoms. The van der Waals surface area contributed by atoms with Crippen LogP contribution in [0.1, 0.15) is 33.6 Å². The molecule has 2 nitrogen and oxygen atoms in total. The average Bonchev–Trinajstić information content (AvgIpc) is 2.03. The lowest BCUT2D eigenvalue weighted by atomic mass is 9.83. The second-order valence-corrected chi connectivity index (χ2v) is 5.64. The highest BCUT2D eigenvalue weighted by molar-refractivity contribution is 4.93. The van der Waals surface area contributed by atoms with E-state index < -0.39 is 0 Å². The van der Waals surface area contributed by atoms with Crippen molar-refractivity contribution in [1.82, 2.24) is 10.2 Å². The van der Waals surface area contributed by atoms with Crippen LogP contribution >= 0.6 is 0 Å². The molecule has 76 valence electrons. The summed E-state index contributed by atoms with van der Waals surface area (Å²) in [6.45, 7) is 10.8. The zero-order valence-electron chi connectivity index (χ0n) is 9.14. The van der Waals surface area contributed by atoms with Crippen molar-refractivity contribution in [3.05, 3.63) is 0 Å². The molecule has 0 aromatic carbocycles. The van der Waals surface area contributed by atoms with Crippen LogP contribution in [0, 0.1) is 5.92 Å². The molecule has 3 rings (SSSR count). The molecule has 0 aliphatic carbocycles. The Morgan fingerprint density at radius 2 is 1.77 bits per heavy atom. The molecular weight excluding hydrogens is 160 g/mol. The SMILES string of the molecule is CC(C)(C)N[C@H]1CN2CCC1CC2. The van der Waals surface area contributed by atoms with Gasteiger partial charge in [-0.2, -0.15) is 0 Å². The Kier molecular flexibility index (Phi) is 2.37.